The van der Waals surface area contributed by atoms with Crippen LogP contribution in [0.3, 0.4) is 0 Å². The second kappa shape index (κ2) is 5.00. The smallest absolute Gasteiger partial charge is 0.168 e. The van der Waals surface area contributed by atoms with Crippen LogP contribution >= 0.6 is 0 Å². The van der Waals surface area contributed by atoms with Crippen LogP contribution in [-0.4, -0.2) is 4.98 Å². The highest BCUT2D eigenvalue weighted by Gasteiger charge is 2.06. The largest absolute Gasteiger partial charge is 0.399 e. The van der Waals surface area contributed by atoms with Crippen molar-refractivity contribution in [3.63, 3.8) is 0 Å². The second-order valence-corrected chi connectivity index (χ2v) is 3.97. The molecule has 0 atom stereocenters. The maximum Gasteiger partial charge on any atom is 0.168 e. The van der Waals surface area contributed by atoms with Crippen molar-refractivity contribution in [3.05, 3.63) is 53.2 Å². The van der Waals surface area contributed by atoms with E-state index in [1.54, 1.807) is 6.07 Å². The van der Waals surface area contributed by atoms with E-state index in [0.717, 1.165) is 23.4 Å². The molecule has 2 rings (SSSR count). The molecule has 3 nitrogen and oxygen atoms in total. The van der Waals surface area contributed by atoms with Crippen LogP contribution in [0.4, 0.5) is 20.3 Å². The number of halogens is 2. The molecule has 0 radical (unpaired) electrons. The molecule has 0 saturated heterocycles. The van der Waals surface area contributed by atoms with Gasteiger partial charge in [-0.25, -0.2) is 13.8 Å². The van der Waals surface area contributed by atoms with Crippen LogP contribution in [0.25, 0.3) is 0 Å². The van der Waals surface area contributed by atoms with Gasteiger partial charge in [0, 0.05) is 18.3 Å². The molecule has 3 N–H and O–H groups in total. The number of aromatic nitrogens is 1. The third-order valence-corrected chi connectivity index (χ3v) is 2.74. The summed E-state index contributed by atoms with van der Waals surface area (Å²) in [6.45, 7) is 2.27. The van der Waals surface area contributed by atoms with Crippen LogP contribution in [0.1, 0.15) is 11.1 Å². The zero-order chi connectivity index (χ0) is 13.1. The third-order valence-electron chi connectivity index (χ3n) is 2.74. The first-order chi connectivity index (χ1) is 8.58. The van der Waals surface area contributed by atoms with Gasteiger partial charge in [-0.15, -0.1) is 0 Å². The van der Waals surface area contributed by atoms with Crippen molar-refractivity contribution >= 4 is 11.5 Å². The van der Waals surface area contributed by atoms with Crippen molar-refractivity contribution in [2.24, 2.45) is 0 Å². The molecule has 0 aliphatic rings. The Hall–Kier alpha value is -2.17. The lowest BCUT2D eigenvalue weighted by atomic mass is 10.1. The van der Waals surface area contributed by atoms with Gasteiger partial charge in [0.15, 0.2) is 11.6 Å². The van der Waals surface area contributed by atoms with Gasteiger partial charge in [0.2, 0.25) is 0 Å². The molecule has 2 aromatic rings. The van der Waals surface area contributed by atoms with Crippen molar-refractivity contribution < 1.29 is 8.78 Å². The van der Waals surface area contributed by atoms with E-state index in [1.165, 1.54) is 0 Å². The van der Waals surface area contributed by atoms with Gasteiger partial charge in [-0.3, -0.25) is 0 Å². The fraction of sp³-hybridized carbons (Fsp3) is 0.154. The number of pyridine rings is 1. The molecular formula is C13H13F2N3. The first-order valence-electron chi connectivity index (χ1n) is 5.47. The Morgan fingerprint density at radius 3 is 2.83 bits per heavy atom. The minimum Gasteiger partial charge on any atom is -0.399 e. The van der Waals surface area contributed by atoms with Crippen molar-refractivity contribution in [1.82, 2.24) is 4.98 Å². The third kappa shape index (κ3) is 2.56. The van der Waals surface area contributed by atoms with Gasteiger partial charge in [0.05, 0.1) is 6.20 Å². The summed E-state index contributed by atoms with van der Waals surface area (Å²) in [5, 5.41) is 2.82. The van der Waals surface area contributed by atoms with Gasteiger partial charge in [-0.05, 0) is 24.1 Å². The Labute approximate surface area is 104 Å². The lowest BCUT2D eigenvalue weighted by Crippen LogP contribution is -2.06. The number of hydrogen-bond donors (Lipinski definition) is 2. The molecule has 0 fully saturated rings. The van der Waals surface area contributed by atoms with Crippen molar-refractivity contribution in [1.29, 1.82) is 0 Å². The minimum atomic E-state index is -0.712. The van der Waals surface area contributed by atoms with E-state index in [1.807, 2.05) is 19.1 Å². The van der Waals surface area contributed by atoms with Gasteiger partial charge in [-0.2, -0.15) is 0 Å². The van der Waals surface area contributed by atoms with Crippen molar-refractivity contribution in [2.45, 2.75) is 13.5 Å². The molecule has 1 heterocycles. The topological polar surface area (TPSA) is 50.9 Å². The molecule has 0 unspecified atom stereocenters. The quantitative estimate of drug-likeness (QED) is 0.822. The number of anilines is 2. The summed E-state index contributed by atoms with van der Waals surface area (Å²) in [7, 11) is 0. The summed E-state index contributed by atoms with van der Waals surface area (Å²) in [5.41, 5.74) is 8.34. The van der Waals surface area contributed by atoms with E-state index >= 15 is 0 Å². The van der Waals surface area contributed by atoms with Crippen LogP contribution < -0.4 is 11.1 Å². The molecule has 1 aromatic carbocycles. The fourth-order valence-electron chi connectivity index (χ4n) is 1.62. The van der Waals surface area contributed by atoms with Crippen molar-refractivity contribution in [2.75, 3.05) is 11.1 Å². The number of nitrogens with two attached hydrogens (primary N) is 1. The second-order valence-electron chi connectivity index (χ2n) is 3.97. The summed E-state index contributed by atoms with van der Waals surface area (Å²) in [5.74, 6) is -1.38. The molecule has 0 aliphatic carbocycles. The number of rotatable bonds is 3. The molecule has 0 bridgehead atoms. The van der Waals surface area contributed by atoms with E-state index in [4.69, 9.17) is 5.73 Å². The molecule has 5 heteroatoms. The Balaban J connectivity index is 2.14. The number of nitrogen functional groups attached to an aromatic ring is 1. The Morgan fingerprint density at radius 2 is 2.11 bits per heavy atom. The maximum absolute atomic E-state index is 13.3. The molecular weight excluding hydrogens is 236 g/mol. The van der Waals surface area contributed by atoms with Crippen LogP contribution in [0.15, 0.2) is 30.5 Å². The molecule has 0 amide bonds. The summed E-state index contributed by atoms with van der Waals surface area (Å²) < 4.78 is 26.0. The van der Waals surface area contributed by atoms with Gasteiger partial charge in [-0.1, -0.05) is 12.1 Å². The standard InChI is InChI=1S/C13H13F2N3/c1-8-9(3-2-4-12(8)16)6-17-13-11(15)5-10(14)7-18-13/h2-5,7H,6,16H2,1H3,(H,17,18). The average molecular weight is 249 g/mol. The molecule has 18 heavy (non-hydrogen) atoms. The first-order valence-corrected chi connectivity index (χ1v) is 5.47. The van der Waals surface area contributed by atoms with E-state index in [9.17, 15) is 8.78 Å². The van der Waals surface area contributed by atoms with Gasteiger partial charge in [0.1, 0.15) is 5.82 Å². The highest BCUT2D eigenvalue weighted by molar-refractivity contribution is 5.51. The lowest BCUT2D eigenvalue weighted by molar-refractivity contribution is 0.575. The SMILES string of the molecule is Cc1c(N)cccc1CNc1ncc(F)cc1F. The first kappa shape index (κ1) is 12.3. The van der Waals surface area contributed by atoms with Crippen LogP contribution in [0.5, 0.6) is 0 Å². The predicted molar refractivity (Wildman–Crippen MR) is 67.1 cm³/mol. The Bertz CT molecular complexity index is 570. The molecule has 0 spiro atoms. The average Bonchev–Trinajstić information content (AvgIpc) is 2.33. The molecule has 94 valence electrons. The van der Waals surface area contributed by atoms with E-state index < -0.39 is 11.6 Å². The number of benzene rings is 1. The van der Waals surface area contributed by atoms with Gasteiger partial charge >= 0.3 is 0 Å². The number of nitrogens with one attached hydrogen (secondary N) is 1. The van der Waals surface area contributed by atoms with E-state index in [2.05, 4.69) is 10.3 Å². The van der Waals surface area contributed by atoms with Crippen molar-refractivity contribution in [3.8, 4) is 0 Å². The monoisotopic (exact) mass is 249 g/mol. The Morgan fingerprint density at radius 1 is 1.33 bits per heavy atom. The Kier molecular flexibility index (Phi) is 3.41. The number of hydrogen-bond acceptors (Lipinski definition) is 3. The van der Waals surface area contributed by atoms with Crippen LogP contribution in [0.2, 0.25) is 0 Å². The molecule has 1 aromatic heterocycles. The maximum atomic E-state index is 13.3. The predicted octanol–water partition coefficient (Wildman–Crippen LogP) is 2.86. The normalized spacial score (nSPS) is 10.4. The summed E-state index contributed by atoms with van der Waals surface area (Å²) in [6, 6.07) is 6.31. The number of nitrogens with zero attached hydrogens (tertiary/aromatic N) is 1. The van der Waals surface area contributed by atoms with Crippen LogP contribution in [-0.2, 0) is 6.54 Å². The summed E-state index contributed by atoms with van der Waals surface area (Å²) in [6.07, 6.45) is 0.970. The highest BCUT2D eigenvalue weighted by Crippen LogP contribution is 2.18. The fourth-order valence-corrected chi connectivity index (χ4v) is 1.62. The van der Waals surface area contributed by atoms with Crippen LogP contribution in [0, 0.1) is 18.6 Å². The van der Waals surface area contributed by atoms with Gasteiger partial charge < -0.3 is 11.1 Å². The van der Waals surface area contributed by atoms with E-state index in [-0.39, 0.29) is 5.82 Å². The zero-order valence-electron chi connectivity index (χ0n) is 9.87. The minimum absolute atomic E-state index is 0.0261. The molecule has 0 aliphatic heterocycles. The van der Waals surface area contributed by atoms with E-state index in [0.29, 0.717) is 12.2 Å². The molecule has 0 saturated carbocycles. The highest BCUT2D eigenvalue weighted by atomic mass is 19.1. The zero-order valence-corrected chi connectivity index (χ0v) is 9.87. The summed E-state index contributed by atoms with van der Waals surface area (Å²) >= 11 is 0. The summed E-state index contributed by atoms with van der Waals surface area (Å²) in [4.78, 5) is 3.65. The lowest BCUT2D eigenvalue weighted by Gasteiger charge is -2.10. The van der Waals surface area contributed by atoms with Gasteiger partial charge in [0.25, 0.3) is 0 Å².